The van der Waals surface area contributed by atoms with Crippen LogP contribution < -0.4 is 15.6 Å². The van der Waals surface area contributed by atoms with Crippen LogP contribution in [0.3, 0.4) is 0 Å². The standard InChI is InChI=1S/C24H26N4O3/c1-4-19(24(30)25-15-17-10-6-9-13-21(17)31-5-2)28-20-12-8-7-11-18(20)23-26-22(29)14-16(3)27(23)28/h6-14,19H,4-5,15H2,1-3H3,(H,25,30)/t19-/m0/s1. The minimum absolute atomic E-state index is 0.102. The third kappa shape index (κ3) is 3.79. The SMILES string of the molecule is CCOc1ccccc1CNC(=O)[C@H](CC)n1c2ccccc2c2nc(=O)cc(C)n21. The van der Waals surface area contributed by atoms with Crippen LogP contribution in [0.25, 0.3) is 16.6 Å². The van der Waals surface area contributed by atoms with Crippen LogP contribution >= 0.6 is 0 Å². The van der Waals surface area contributed by atoms with Crippen LogP contribution in [0.15, 0.2) is 59.4 Å². The molecule has 0 aliphatic heterocycles. The van der Waals surface area contributed by atoms with Crippen molar-refractivity contribution in [2.75, 3.05) is 6.61 Å². The van der Waals surface area contributed by atoms with Crippen LogP contribution in [-0.4, -0.2) is 26.7 Å². The third-order valence-electron chi connectivity index (χ3n) is 5.40. The fourth-order valence-electron chi connectivity index (χ4n) is 4.03. The van der Waals surface area contributed by atoms with Gasteiger partial charge in [-0.3, -0.25) is 14.3 Å². The van der Waals surface area contributed by atoms with Gasteiger partial charge in [0.25, 0.3) is 5.56 Å². The molecule has 4 aromatic rings. The van der Waals surface area contributed by atoms with Crippen LogP contribution in [0, 0.1) is 6.92 Å². The second-order valence-corrected chi connectivity index (χ2v) is 7.42. The van der Waals surface area contributed by atoms with E-state index in [2.05, 4.69) is 10.3 Å². The number of hydrogen-bond donors (Lipinski definition) is 1. The first-order valence-corrected chi connectivity index (χ1v) is 10.5. The molecular formula is C24H26N4O3. The molecule has 0 radical (unpaired) electrons. The number of nitrogens with zero attached hydrogens (tertiary/aromatic N) is 3. The molecular weight excluding hydrogens is 392 g/mol. The lowest BCUT2D eigenvalue weighted by molar-refractivity contribution is -0.124. The first-order chi connectivity index (χ1) is 15.0. The molecule has 160 valence electrons. The van der Waals surface area contributed by atoms with Crippen molar-refractivity contribution in [2.24, 2.45) is 0 Å². The summed E-state index contributed by atoms with van der Waals surface area (Å²) in [5, 5.41) is 3.91. The van der Waals surface area contributed by atoms with E-state index in [1.807, 2.05) is 78.5 Å². The zero-order valence-corrected chi connectivity index (χ0v) is 18.0. The molecule has 0 fully saturated rings. The molecule has 0 aliphatic carbocycles. The quantitative estimate of drug-likeness (QED) is 0.497. The first kappa shape index (κ1) is 20.7. The lowest BCUT2D eigenvalue weighted by Gasteiger charge is -2.21. The van der Waals surface area contributed by atoms with Crippen molar-refractivity contribution < 1.29 is 9.53 Å². The molecule has 0 spiro atoms. The Labute approximate surface area is 180 Å². The van der Waals surface area contributed by atoms with Crippen molar-refractivity contribution in [3.63, 3.8) is 0 Å². The number of fused-ring (bicyclic) bond motifs is 3. The molecule has 0 bridgehead atoms. The summed E-state index contributed by atoms with van der Waals surface area (Å²) in [7, 11) is 0. The number of nitrogens with one attached hydrogen (secondary N) is 1. The molecule has 0 unspecified atom stereocenters. The molecule has 7 heteroatoms. The number of hydrogen-bond acceptors (Lipinski definition) is 4. The van der Waals surface area contributed by atoms with E-state index in [1.54, 1.807) is 0 Å². The number of benzene rings is 2. The van der Waals surface area contributed by atoms with Crippen LogP contribution in [0.5, 0.6) is 5.75 Å². The Morgan fingerprint density at radius 2 is 1.87 bits per heavy atom. The summed E-state index contributed by atoms with van der Waals surface area (Å²) in [6, 6.07) is 16.4. The van der Waals surface area contributed by atoms with Gasteiger partial charge in [-0.25, -0.2) is 4.52 Å². The van der Waals surface area contributed by atoms with E-state index in [9.17, 15) is 9.59 Å². The fourth-order valence-corrected chi connectivity index (χ4v) is 4.03. The Hall–Kier alpha value is -3.61. The summed E-state index contributed by atoms with van der Waals surface area (Å²) in [4.78, 5) is 29.6. The van der Waals surface area contributed by atoms with Gasteiger partial charge in [0, 0.05) is 29.3 Å². The van der Waals surface area contributed by atoms with Crippen molar-refractivity contribution in [1.29, 1.82) is 0 Å². The van der Waals surface area contributed by atoms with E-state index in [4.69, 9.17) is 4.74 Å². The molecule has 1 amide bonds. The predicted molar refractivity (Wildman–Crippen MR) is 120 cm³/mol. The topological polar surface area (TPSA) is 77.6 Å². The molecule has 2 aromatic heterocycles. The number of rotatable bonds is 7. The largest absolute Gasteiger partial charge is 0.494 e. The second-order valence-electron chi connectivity index (χ2n) is 7.42. The van der Waals surface area contributed by atoms with Gasteiger partial charge in [0.2, 0.25) is 5.91 Å². The highest BCUT2D eigenvalue weighted by atomic mass is 16.5. The highest BCUT2D eigenvalue weighted by molar-refractivity contribution is 5.94. The fraction of sp³-hybridized carbons (Fsp3) is 0.292. The predicted octanol–water partition coefficient (Wildman–Crippen LogP) is 3.62. The molecule has 1 N–H and O–H groups in total. The highest BCUT2D eigenvalue weighted by Crippen LogP contribution is 2.27. The summed E-state index contributed by atoms with van der Waals surface area (Å²) in [6.45, 7) is 6.70. The Kier molecular flexibility index (Phi) is 5.75. The Morgan fingerprint density at radius 1 is 1.13 bits per heavy atom. The molecule has 31 heavy (non-hydrogen) atoms. The Morgan fingerprint density at radius 3 is 2.65 bits per heavy atom. The van der Waals surface area contributed by atoms with Crippen LogP contribution in [0.1, 0.15) is 37.6 Å². The van der Waals surface area contributed by atoms with Gasteiger partial charge in [-0.15, -0.1) is 0 Å². The van der Waals surface area contributed by atoms with E-state index in [1.165, 1.54) is 6.07 Å². The van der Waals surface area contributed by atoms with Crippen molar-refractivity contribution in [3.05, 3.63) is 76.2 Å². The maximum atomic E-state index is 13.3. The summed E-state index contributed by atoms with van der Waals surface area (Å²) < 4.78 is 9.48. The minimum atomic E-state index is -0.468. The number of para-hydroxylation sites is 2. The van der Waals surface area contributed by atoms with Gasteiger partial charge in [-0.05, 0) is 38.5 Å². The maximum Gasteiger partial charge on any atom is 0.273 e. The van der Waals surface area contributed by atoms with Gasteiger partial charge >= 0.3 is 0 Å². The smallest absolute Gasteiger partial charge is 0.273 e. The van der Waals surface area contributed by atoms with E-state index >= 15 is 0 Å². The maximum absolute atomic E-state index is 13.3. The Balaban J connectivity index is 1.74. The van der Waals surface area contributed by atoms with Gasteiger partial charge in [-0.2, -0.15) is 4.98 Å². The monoisotopic (exact) mass is 418 g/mol. The van der Waals surface area contributed by atoms with Gasteiger partial charge < -0.3 is 10.1 Å². The molecule has 0 saturated carbocycles. The van der Waals surface area contributed by atoms with Crippen LogP contribution in [0.4, 0.5) is 0 Å². The average Bonchev–Trinajstić information content (AvgIpc) is 3.09. The number of aromatic nitrogens is 3. The van der Waals surface area contributed by atoms with E-state index in [-0.39, 0.29) is 11.5 Å². The van der Waals surface area contributed by atoms with Gasteiger partial charge in [0.05, 0.1) is 12.1 Å². The number of carbonyl (C=O) groups is 1. The van der Waals surface area contributed by atoms with Crippen molar-refractivity contribution >= 4 is 22.5 Å². The molecule has 1 atom stereocenters. The summed E-state index contributed by atoms with van der Waals surface area (Å²) in [5.41, 5.74) is 2.80. The first-order valence-electron chi connectivity index (χ1n) is 10.5. The van der Waals surface area contributed by atoms with Gasteiger partial charge in [-0.1, -0.05) is 37.3 Å². The van der Waals surface area contributed by atoms with Crippen molar-refractivity contribution in [1.82, 2.24) is 19.5 Å². The van der Waals surface area contributed by atoms with E-state index in [0.29, 0.717) is 25.2 Å². The lowest BCUT2D eigenvalue weighted by Crippen LogP contribution is -2.34. The highest BCUT2D eigenvalue weighted by Gasteiger charge is 2.24. The lowest BCUT2D eigenvalue weighted by atomic mass is 10.1. The van der Waals surface area contributed by atoms with E-state index < -0.39 is 6.04 Å². The van der Waals surface area contributed by atoms with Crippen LogP contribution in [0.2, 0.25) is 0 Å². The zero-order valence-electron chi connectivity index (χ0n) is 18.0. The van der Waals surface area contributed by atoms with Crippen molar-refractivity contribution in [3.8, 4) is 5.75 Å². The zero-order chi connectivity index (χ0) is 22.0. The number of aryl methyl sites for hydroxylation is 1. The molecule has 7 nitrogen and oxygen atoms in total. The molecule has 4 rings (SSSR count). The van der Waals surface area contributed by atoms with Crippen molar-refractivity contribution in [2.45, 2.75) is 39.8 Å². The average molecular weight is 418 g/mol. The van der Waals surface area contributed by atoms with E-state index in [0.717, 1.165) is 27.9 Å². The summed E-state index contributed by atoms with van der Waals surface area (Å²) >= 11 is 0. The normalized spacial score (nSPS) is 12.2. The third-order valence-corrected chi connectivity index (χ3v) is 5.40. The summed E-state index contributed by atoms with van der Waals surface area (Å²) in [6.07, 6.45) is 0.582. The minimum Gasteiger partial charge on any atom is -0.494 e. The molecule has 2 heterocycles. The summed E-state index contributed by atoms with van der Waals surface area (Å²) in [5.74, 6) is 0.669. The number of carbonyl (C=O) groups excluding carboxylic acids is 1. The van der Waals surface area contributed by atoms with Gasteiger partial charge in [0.1, 0.15) is 11.8 Å². The number of amides is 1. The molecule has 0 aliphatic rings. The number of ether oxygens (including phenoxy) is 1. The Bertz CT molecular complexity index is 1310. The molecule has 2 aromatic carbocycles. The van der Waals surface area contributed by atoms with Crippen LogP contribution in [-0.2, 0) is 11.3 Å². The van der Waals surface area contributed by atoms with Gasteiger partial charge in [0.15, 0.2) is 5.65 Å². The molecule has 0 saturated heterocycles. The second kappa shape index (κ2) is 8.63.